The molecule has 0 unspecified atom stereocenters. The molecule has 1 atom stereocenters. The largest absolute Gasteiger partial charge is 0.356 e. The first kappa shape index (κ1) is 16.5. The average molecular weight is 371 g/mol. The van der Waals surface area contributed by atoms with E-state index in [0.717, 1.165) is 10.9 Å². The second-order valence-electron chi connectivity index (χ2n) is 5.55. The predicted molar refractivity (Wildman–Crippen MR) is 83.7 cm³/mol. The number of carbonyl (C=O) groups excluding carboxylic acids is 3. The Labute approximate surface area is 136 Å². The fraction of sp³-hybridized carbons (Fsp3) is 0.500. The molecule has 1 aliphatic heterocycles. The molecule has 1 aromatic heterocycles. The highest BCUT2D eigenvalue weighted by Crippen LogP contribution is 2.19. The maximum absolute atomic E-state index is 12.3. The number of hydrogen-bond donors (Lipinski definition) is 3. The lowest BCUT2D eigenvalue weighted by atomic mass is 10.0. The Morgan fingerprint density at radius 3 is 2.59 bits per heavy atom. The van der Waals surface area contributed by atoms with E-state index in [2.05, 4.69) is 31.8 Å². The molecule has 3 amide bonds. The van der Waals surface area contributed by atoms with Crippen LogP contribution in [0.3, 0.4) is 0 Å². The third-order valence-electron chi connectivity index (χ3n) is 3.54. The maximum Gasteiger partial charge on any atom is 0.286 e. The Morgan fingerprint density at radius 2 is 2.09 bits per heavy atom. The summed E-state index contributed by atoms with van der Waals surface area (Å²) >= 11 is 3.23. The zero-order valence-electron chi connectivity index (χ0n) is 12.5. The lowest BCUT2D eigenvalue weighted by Crippen LogP contribution is -2.54. The molecule has 1 saturated heterocycles. The molecule has 3 N–H and O–H groups in total. The monoisotopic (exact) mass is 370 g/mol. The van der Waals surface area contributed by atoms with Crippen LogP contribution in [0.15, 0.2) is 16.7 Å². The van der Waals surface area contributed by atoms with E-state index in [1.54, 1.807) is 17.2 Å². The smallest absolute Gasteiger partial charge is 0.286 e. The summed E-state index contributed by atoms with van der Waals surface area (Å²) in [6, 6.07) is 1.02. The highest BCUT2D eigenvalue weighted by atomic mass is 79.9. The van der Waals surface area contributed by atoms with Gasteiger partial charge in [0.25, 0.3) is 11.8 Å². The van der Waals surface area contributed by atoms with Crippen LogP contribution in [0.25, 0.3) is 0 Å². The number of likely N-dealkylation sites (tertiary alicyclic amines) is 1. The first-order valence-electron chi connectivity index (χ1n) is 7.13. The van der Waals surface area contributed by atoms with Crippen molar-refractivity contribution in [3.63, 3.8) is 0 Å². The maximum atomic E-state index is 12.3. The van der Waals surface area contributed by atoms with Gasteiger partial charge in [0.15, 0.2) is 0 Å². The van der Waals surface area contributed by atoms with Crippen LogP contribution in [0.4, 0.5) is 0 Å². The van der Waals surface area contributed by atoms with E-state index in [0.29, 0.717) is 18.7 Å². The van der Waals surface area contributed by atoms with Crippen molar-refractivity contribution < 1.29 is 14.4 Å². The van der Waals surface area contributed by atoms with E-state index in [1.165, 1.54) is 0 Å². The van der Waals surface area contributed by atoms with Gasteiger partial charge >= 0.3 is 0 Å². The van der Waals surface area contributed by atoms with Gasteiger partial charge in [-0.2, -0.15) is 0 Å². The quantitative estimate of drug-likeness (QED) is 0.694. The van der Waals surface area contributed by atoms with Gasteiger partial charge in [-0.3, -0.25) is 25.2 Å². The third-order valence-corrected chi connectivity index (χ3v) is 4.00. The number of aromatic nitrogens is 1. The fourth-order valence-electron chi connectivity index (χ4n) is 2.53. The molecule has 22 heavy (non-hydrogen) atoms. The number of hydrogen-bond acceptors (Lipinski definition) is 3. The van der Waals surface area contributed by atoms with E-state index < -0.39 is 11.9 Å². The molecule has 2 heterocycles. The highest BCUT2D eigenvalue weighted by Gasteiger charge is 2.35. The van der Waals surface area contributed by atoms with Crippen LogP contribution in [0.1, 0.15) is 37.2 Å². The Bertz CT molecular complexity index is 584. The number of rotatable bonds is 4. The van der Waals surface area contributed by atoms with Gasteiger partial charge in [-0.05, 0) is 34.3 Å². The molecular weight excluding hydrogens is 352 g/mol. The minimum Gasteiger partial charge on any atom is -0.356 e. The predicted octanol–water partition coefficient (Wildman–Crippen LogP) is 1.19. The van der Waals surface area contributed by atoms with Gasteiger partial charge in [0, 0.05) is 23.6 Å². The van der Waals surface area contributed by atoms with E-state index in [1.807, 2.05) is 13.8 Å². The standard InChI is InChI=1S/C14H19BrN4O3/c1-8(2)12(19-5-3-4-11(19)20)14(22)18-17-13(21)10-6-9(15)7-16-10/h6-8,12,16H,3-5H2,1-2H3,(H,17,21)(H,18,22)/t12-/m1/s1. The molecule has 1 fully saturated rings. The summed E-state index contributed by atoms with van der Waals surface area (Å²) in [5.41, 5.74) is 5.08. The van der Waals surface area contributed by atoms with Gasteiger partial charge in [-0.15, -0.1) is 0 Å². The lowest BCUT2D eigenvalue weighted by Gasteiger charge is -2.29. The summed E-state index contributed by atoms with van der Waals surface area (Å²) in [6.07, 6.45) is 2.86. The van der Waals surface area contributed by atoms with Crippen molar-refractivity contribution in [3.05, 3.63) is 22.4 Å². The molecular formula is C14H19BrN4O3. The molecule has 1 aromatic rings. The van der Waals surface area contributed by atoms with Crippen molar-refractivity contribution in [3.8, 4) is 0 Å². The molecule has 0 saturated carbocycles. The average Bonchev–Trinajstić information content (AvgIpc) is 3.06. The van der Waals surface area contributed by atoms with Crippen molar-refractivity contribution in [2.45, 2.75) is 32.7 Å². The van der Waals surface area contributed by atoms with Crippen molar-refractivity contribution in [1.82, 2.24) is 20.7 Å². The molecule has 2 rings (SSSR count). The highest BCUT2D eigenvalue weighted by molar-refractivity contribution is 9.10. The van der Waals surface area contributed by atoms with Crippen molar-refractivity contribution in [1.29, 1.82) is 0 Å². The van der Waals surface area contributed by atoms with Crippen LogP contribution in [0.5, 0.6) is 0 Å². The first-order chi connectivity index (χ1) is 10.4. The van der Waals surface area contributed by atoms with Gasteiger partial charge < -0.3 is 9.88 Å². The summed E-state index contributed by atoms with van der Waals surface area (Å²) < 4.78 is 0.742. The minimum atomic E-state index is -0.578. The number of hydrazine groups is 1. The molecule has 0 spiro atoms. The van der Waals surface area contributed by atoms with Crippen molar-refractivity contribution >= 4 is 33.7 Å². The minimum absolute atomic E-state index is 0.0199. The molecule has 0 aromatic carbocycles. The van der Waals surface area contributed by atoms with Crippen molar-refractivity contribution in [2.24, 2.45) is 5.92 Å². The van der Waals surface area contributed by atoms with Crippen LogP contribution in [-0.4, -0.2) is 40.2 Å². The molecule has 120 valence electrons. The van der Waals surface area contributed by atoms with Crippen LogP contribution in [0.2, 0.25) is 0 Å². The fourth-order valence-corrected chi connectivity index (χ4v) is 2.87. The summed E-state index contributed by atoms with van der Waals surface area (Å²) in [6.45, 7) is 4.33. The number of amides is 3. The number of carbonyl (C=O) groups is 3. The number of H-pyrrole nitrogens is 1. The summed E-state index contributed by atoms with van der Waals surface area (Å²) in [4.78, 5) is 40.4. The van der Waals surface area contributed by atoms with Gasteiger partial charge in [0.1, 0.15) is 11.7 Å². The van der Waals surface area contributed by atoms with Crippen molar-refractivity contribution in [2.75, 3.05) is 6.54 Å². The summed E-state index contributed by atoms with van der Waals surface area (Å²) in [5, 5.41) is 0. The zero-order valence-corrected chi connectivity index (χ0v) is 14.1. The number of nitrogens with zero attached hydrogens (tertiary/aromatic N) is 1. The lowest BCUT2D eigenvalue weighted by molar-refractivity contribution is -0.139. The molecule has 0 bridgehead atoms. The summed E-state index contributed by atoms with van der Waals surface area (Å²) in [5.74, 6) is -0.898. The van der Waals surface area contributed by atoms with Gasteiger partial charge in [0.05, 0.1) is 0 Å². The number of aromatic amines is 1. The Hall–Kier alpha value is -1.83. The Kier molecular flexibility index (Phi) is 5.23. The summed E-state index contributed by atoms with van der Waals surface area (Å²) in [7, 11) is 0. The molecule has 0 aliphatic carbocycles. The SMILES string of the molecule is CC(C)[C@H](C(=O)NNC(=O)c1cc(Br)c[nH]1)N1CCCC1=O. The zero-order chi connectivity index (χ0) is 16.3. The Morgan fingerprint density at radius 1 is 1.36 bits per heavy atom. The molecule has 0 radical (unpaired) electrons. The van der Waals surface area contributed by atoms with Crippen LogP contribution >= 0.6 is 15.9 Å². The second kappa shape index (κ2) is 6.95. The molecule has 8 heteroatoms. The molecule has 1 aliphatic rings. The number of nitrogens with one attached hydrogen (secondary N) is 3. The number of halogens is 1. The van der Waals surface area contributed by atoms with Crippen LogP contribution in [-0.2, 0) is 9.59 Å². The Balaban J connectivity index is 1.97. The van der Waals surface area contributed by atoms with E-state index in [9.17, 15) is 14.4 Å². The first-order valence-corrected chi connectivity index (χ1v) is 7.93. The third kappa shape index (κ3) is 3.68. The van der Waals surface area contributed by atoms with Gasteiger partial charge in [0.2, 0.25) is 5.91 Å². The van der Waals surface area contributed by atoms with E-state index >= 15 is 0 Å². The normalized spacial score (nSPS) is 16.0. The van der Waals surface area contributed by atoms with Gasteiger partial charge in [-0.1, -0.05) is 13.8 Å². The van der Waals surface area contributed by atoms with Gasteiger partial charge in [-0.25, -0.2) is 0 Å². The van der Waals surface area contributed by atoms with Crippen LogP contribution in [0, 0.1) is 5.92 Å². The second-order valence-corrected chi connectivity index (χ2v) is 6.47. The van der Waals surface area contributed by atoms with Crippen LogP contribution < -0.4 is 10.9 Å². The van der Waals surface area contributed by atoms with E-state index in [4.69, 9.17) is 0 Å². The topological polar surface area (TPSA) is 94.3 Å². The molecule has 7 nitrogen and oxygen atoms in total. The van der Waals surface area contributed by atoms with E-state index in [-0.39, 0.29) is 17.7 Å².